The zero-order valence-electron chi connectivity index (χ0n) is 16.1. The minimum absolute atomic E-state index is 0.0340. The van der Waals surface area contributed by atoms with Crippen molar-refractivity contribution in [3.63, 3.8) is 0 Å². The summed E-state index contributed by atoms with van der Waals surface area (Å²) in [6, 6.07) is 10.6. The van der Waals surface area contributed by atoms with Crippen LogP contribution in [0.4, 0.5) is 5.69 Å². The van der Waals surface area contributed by atoms with E-state index < -0.39 is 11.8 Å². The Morgan fingerprint density at radius 2 is 1.83 bits per heavy atom. The summed E-state index contributed by atoms with van der Waals surface area (Å²) in [4.78, 5) is 26.8. The first-order chi connectivity index (χ1) is 13.9. The molecule has 2 amide bonds. The first-order valence-corrected chi connectivity index (χ1v) is 9.60. The number of nitrogens with one attached hydrogen (secondary N) is 1. The molecule has 1 heterocycles. The van der Waals surface area contributed by atoms with Gasteiger partial charge in [0.05, 0.1) is 24.9 Å². The number of thiocarbonyl (C=S) groups is 1. The molecule has 150 valence electrons. The van der Waals surface area contributed by atoms with Crippen LogP contribution in [0.2, 0.25) is 5.02 Å². The van der Waals surface area contributed by atoms with Gasteiger partial charge in [-0.1, -0.05) is 30.7 Å². The Morgan fingerprint density at radius 3 is 2.41 bits per heavy atom. The van der Waals surface area contributed by atoms with Crippen molar-refractivity contribution in [2.45, 2.75) is 13.3 Å². The van der Waals surface area contributed by atoms with E-state index in [2.05, 4.69) is 5.32 Å². The van der Waals surface area contributed by atoms with Gasteiger partial charge in [0.25, 0.3) is 11.8 Å². The molecule has 1 saturated heterocycles. The zero-order valence-corrected chi connectivity index (χ0v) is 17.7. The summed E-state index contributed by atoms with van der Waals surface area (Å²) in [5.41, 5.74) is 2.15. The fourth-order valence-electron chi connectivity index (χ4n) is 2.96. The molecule has 0 unspecified atom stereocenters. The molecule has 29 heavy (non-hydrogen) atoms. The van der Waals surface area contributed by atoms with E-state index in [0.29, 0.717) is 27.8 Å². The maximum Gasteiger partial charge on any atom is 0.270 e. The summed E-state index contributed by atoms with van der Waals surface area (Å²) in [6.07, 6.45) is 2.32. The van der Waals surface area contributed by atoms with Crippen LogP contribution in [0.1, 0.15) is 18.1 Å². The number of aryl methyl sites for hydroxylation is 1. The van der Waals surface area contributed by atoms with Crippen LogP contribution in [0.3, 0.4) is 0 Å². The predicted molar refractivity (Wildman–Crippen MR) is 117 cm³/mol. The van der Waals surface area contributed by atoms with E-state index in [1.165, 1.54) is 25.2 Å². The van der Waals surface area contributed by atoms with Gasteiger partial charge in [0.1, 0.15) is 5.57 Å². The number of benzene rings is 2. The van der Waals surface area contributed by atoms with Crippen LogP contribution in [0, 0.1) is 0 Å². The highest BCUT2D eigenvalue weighted by molar-refractivity contribution is 7.80. The van der Waals surface area contributed by atoms with Gasteiger partial charge >= 0.3 is 0 Å². The van der Waals surface area contributed by atoms with Gasteiger partial charge in [-0.3, -0.25) is 19.8 Å². The Balaban J connectivity index is 2.02. The van der Waals surface area contributed by atoms with Crippen molar-refractivity contribution in [1.82, 2.24) is 5.32 Å². The highest BCUT2D eigenvalue weighted by atomic mass is 35.5. The lowest BCUT2D eigenvalue weighted by Crippen LogP contribution is -2.54. The number of anilines is 1. The van der Waals surface area contributed by atoms with Crippen molar-refractivity contribution < 1.29 is 19.1 Å². The van der Waals surface area contributed by atoms with Gasteiger partial charge in [-0.25, -0.2) is 0 Å². The second-order valence-corrected chi connectivity index (χ2v) is 7.01. The summed E-state index contributed by atoms with van der Waals surface area (Å²) in [5.74, 6) is -0.339. The Bertz CT molecular complexity index is 1020. The van der Waals surface area contributed by atoms with Gasteiger partial charge in [0.15, 0.2) is 16.6 Å². The van der Waals surface area contributed by atoms with Gasteiger partial charge in [-0.15, -0.1) is 0 Å². The van der Waals surface area contributed by atoms with E-state index in [-0.39, 0.29) is 10.7 Å². The molecule has 0 saturated carbocycles. The smallest absolute Gasteiger partial charge is 0.270 e. The fourth-order valence-corrected chi connectivity index (χ4v) is 3.54. The number of halogens is 1. The molecular weight excluding hydrogens is 412 g/mol. The quantitative estimate of drug-likeness (QED) is 0.444. The average molecular weight is 431 g/mol. The first kappa shape index (κ1) is 20.8. The predicted octanol–water partition coefficient (Wildman–Crippen LogP) is 3.75. The highest BCUT2D eigenvalue weighted by Gasteiger charge is 2.34. The molecule has 1 aliphatic heterocycles. The van der Waals surface area contributed by atoms with Crippen LogP contribution in [0.5, 0.6) is 11.5 Å². The Hall–Kier alpha value is -2.90. The van der Waals surface area contributed by atoms with Gasteiger partial charge in [-0.2, -0.15) is 0 Å². The van der Waals surface area contributed by atoms with Crippen LogP contribution in [-0.2, 0) is 16.0 Å². The lowest BCUT2D eigenvalue weighted by Gasteiger charge is -2.29. The minimum atomic E-state index is -0.577. The molecule has 2 aromatic rings. The molecule has 1 aliphatic rings. The van der Waals surface area contributed by atoms with E-state index in [1.54, 1.807) is 24.3 Å². The molecule has 2 aromatic carbocycles. The molecule has 0 bridgehead atoms. The van der Waals surface area contributed by atoms with E-state index in [4.69, 9.17) is 33.3 Å². The van der Waals surface area contributed by atoms with Gasteiger partial charge < -0.3 is 9.47 Å². The van der Waals surface area contributed by atoms with Crippen LogP contribution in [0.15, 0.2) is 42.0 Å². The number of carbonyl (C=O) groups excluding carboxylic acids is 2. The number of carbonyl (C=O) groups is 2. The molecule has 3 rings (SSSR count). The Kier molecular flexibility index (Phi) is 6.20. The normalized spacial score (nSPS) is 15.5. The summed E-state index contributed by atoms with van der Waals surface area (Å²) in [6.45, 7) is 2.04. The summed E-state index contributed by atoms with van der Waals surface area (Å²) in [5, 5.41) is 2.89. The number of rotatable bonds is 5. The monoisotopic (exact) mass is 430 g/mol. The topological polar surface area (TPSA) is 67.9 Å². The Morgan fingerprint density at radius 1 is 1.14 bits per heavy atom. The van der Waals surface area contributed by atoms with E-state index in [9.17, 15) is 9.59 Å². The Labute approximate surface area is 179 Å². The third kappa shape index (κ3) is 4.11. The largest absolute Gasteiger partial charge is 0.493 e. The highest BCUT2D eigenvalue weighted by Crippen LogP contribution is 2.37. The third-order valence-electron chi connectivity index (χ3n) is 4.47. The van der Waals surface area contributed by atoms with Crippen molar-refractivity contribution in [3.05, 3.63) is 58.1 Å². The number of hydrogen-bond acceptors (Lipinski definition) is 5. The summed E-state index contributed by atoms with van der Waals surface area (Å²) < 4.78 is 10.5. The van der Waals surface area contributed by atoms with Gasteiger partial charge in [0, 0.05) is 0 Å². The maximum atomic E-state index is 13.1. The molecule has 0 aromatic heterocycles. The van der Waals surface area contributed by atoms with E-state index >= 15 is 0 Å². The van der Waals surface area contributed by atoms with Crippen LogP contribution in [-0.4, -0.2) is 31.1 Å². The molecule has 6 nitrogen and oxygen atoms in total. The van der Waals surface area contributed by atoms with Crippen LogP contribution >= 0.6 is 23.8 Å². The van der Waals surface area contributed by atoms with Gasteiger partial charge in [0.2, 0.25) is 0 Å². The van der Waals surface area contributed by atoms with Gasteiger partial charge in [-0.05, 0) is 60.1 Å². The summed E-state index contributed by atoms with van der Waals surface area (Å²) >= 11 is 11.5. The molecule has 1 N–H and O–H groups in total. The number of amides is 2. The molecule has 0 atom stereocenters. The molecular formula is C21H19ClN2O4S. The number of hydrogen-bond donors (Lipinski definition) is 1. The van der Waals surface area contributed by atoms with Crippen molar-refractivity contribution in [2.75, 3.05) is 19.1 Å². The van der Waals surface area contributed by atoms with Crippen LogP contribution in [0.25, 0.3) is 6.08 Å². The zero-order chi connectivity index (χ0) is 21.1. The second-order valence-electron chi connectivity index (χ2n) is 6.22. The number of methoxy groups -OCH3 is 2. The number of ether oxygens (including phenoxy) is 2. The second kappa shape index (κ2) is 8.63. The molecule has 0 aliphatic carbocycles. The van der Waals surface area contributed by atoms with Crippen molar-refractivity contribution in [1.29, 1.82) is 0 Å². The molecule has 0 spiro atoms. The molecule has 8 heteroatoms. The SMILES string of the molecule is CCc1ccc(N2C(=O)C(=Cc3cc(Cl)c(OC)c(OC)c3)C(=O)NC2=S)cc1. The summed E-state index contributed by atoms with van der Waals surface area (Å²) in [7, 11) is 2.95. The first-order valence-electron chi connectivity index (χ1n) is 8.81. The maximum absolute atomic E-state index is 13.1. The minimum Gasteiger partial charge on any atom is -0.493 e. The van der Waals surface area contributed by atoms with Crippen molar-refractivity contribution in [3.8, 4) is 11.5 Å². The standard InChI is InChI=1S/C21H19ClN2O4S/c1-4-12-5-7-14(8-6-12)24-20(26)15(19(25)23-21(24)29)9-13-10-16(22)18(28-3)17(11-13)27-2/h5-11H,4H2,1-3H3,(H,23,25,29). The van der Waals surface area contributed by atoms with Crippen molar-refractivity contribution >= 4 is 52.5 Å². The van der Waals surface area contributed by atoms with Crippen LogP contribution < -0.4 is 19.7 Å². The lowest BCUT2D eigenvalue weighted by molar-refractivity contribution is -0.122. The van der Waals surface area contributed by atoms with E-state index in [0.717, 1.165) is 12.0 Å². The fraction of sp³-hybridized carbons (Fsp3) is 0.190. The van der Waals surface area contributed by atoms with Crippen molar-refractivity contribution in [2.24, 2.45) is 0 Å². The third-order valence-corrected chi connectivity index (χ3v) is 5.04. The van der Waals surface area contributed by atoms with E-state index in [1.807, 2.05) is 19.1 Å². The molecule has 1 fully saturated rings. The number of nitrogens with zero attached hydrogens (tertiary/aromatic N) is 1. The average Bonchev–Trinajstić information content (AvgIpc) is 2.71. The molecule has 0 radical (unpaired) electrons. The lowest BCUT2D eigenvalue weighted by atomic mass is 10.1.